The van der Waals surface area contributed by atoms with Gasteiger partial charge in [-0.1, -0.05) is 48.2 Å². The number of benzene rings is 2. The van der Waals surface area contributed by atoms with E-state index in [-0.39, 0.29) is 11.7 Å². The second kappa shape index (κ2) is 8.22. The quantitative estimate of drug-likeness (QED) is 0.499. The highest BCUT2D eigenvalue weighted by Gasteiger charge is 2.15. The lowest BCUT2D eigenvalue weighted by Gasteiger charge is -2.08. The number of amides is 1. The SMILES string of the molecule is CCn1c(SCC(=O)Nc2ccccc2)nnc1-c1ccc2cccnc2c1. The van der Waals surface area contributed by atoms with Crippen molar-refractivity contribution in [1.29, 1.82) is 0 Å². The Morgan fingerprint density at radius 3 is 2.75 bits per heavy atom. The van der Waals surface area contributed by atoms with Crippen LogP contribution in [0.25, 0.3) is 22.3 Å². The summed E-state index contributed by atoms with van der Waals surface area (Å²) in [5.74, 6) is 0.978. The van der Waals surface area contributed by atoms with Gasteiger partial charge in [-0.2, -0.15) is 0 Å². The number of rotatable bonds is 6. The third kappa shape index (κ3) is 3.89. The number of nitrogens with zero attached hydrogens (tertiary/aromatic N) is 4. The van der Waals surface area contributed by atoms with Crippen LogP contribution in [0.15, 0.2) is 72.0 Å². The first kappa shape index (κ1) is 18.2. The summed E-state index contributed by atoms with van der Waals surface area (Å²) in [5, 5.41) is 13.3. The molecule has 2 aromatic carbocycles. The Balaban J connectivity index is 1.51. The summed E-state index contributed by atoms with van der Waals surface area (Å²) >= 11 is 1.38. The maximum Gasteiger partial charge on any atom is 0.234 e. The first-order chi connectivity index (χ1) is 13.7. The van der Waals surface area contributed by atoms with Crippen LogP contribution < -0.4 is 5.32 Å². The van der Waals surface area contributed by atoms with Gasteiger partial charge in [-0.05, 0) is 31.2 Å². The molecule has 0 aliphatic rings. The molecule has 2 aromatic heterocycles. The molecule has 2 heterocycles. The molecule has 1 amide bonds. The number of hydrogen-bond donors (Lipinski definition) is 1. The number of carbonyl (C=O) groups is 1. The van der Waals surface area contributed by atoms with Crippen molar-refractivity contribution in [3.63, 3.8) is 0 Å². The van der Waals surface area contributed by atoms with Crippen molar-refractivity contribution in [3.05, 3.63) is 66.9 Å². The van der Waals surface area contributed by atoms with Gasteiger partial charge in [-0.25, -0.2) is 0 Å². The van der Waals surface area contributed by atoms with Crippen molar-refractivity contribution in [3.8, 4) is 11.4 Å². The zero-order valence-electron chi connectivity index (χ0n) is 15.4. The lowest BCUT2D eigenvalue weighted by atomic mass is 10.1. The maximum atomic E-state index is 12.2. The smallest absolute Gasteiger partial charge is 0.234 e. The Labute approximate surface area is 167 Å². The number of aromatic nitrogens is 4. The van der Waals surface area contributed by atoms with E-state index in [0.29, 0.717) is 6.54 Å². The predicted octanol–water partition coefficient (Wildman–Crippen LogP) is 4.24. The molecule has 1 N–H and O–H groups in total. The normalized spacial score (nSPS) is 10.9. The molecule has 28 heavy (non-hydrogen) atoms. The van der Waals surface area contributed by atoms with Crippen LogP contribution in [-0.4, -0.2) is 31.4 Å². The fourth-order valence-corrected chi connectivity index (χ4v) is 3.75. The first-order valence-electron chi connectivity index (χ1n) is 9.00. The van der Waals surface area contributed by atoms with Crippen LogP contribution in [0.1, 0.15) is 6.92 Å². The average molecular weight is 389 g/mol. The van der Waals surface area contributed by atoms with Crippen LogP contribution in [0, 0.1) is 0 Å². The van der Waals surface area contributed by atoms with Crippen LogP contribution in [0.4, 0.5) is 5.69 Å². The van der Waals surface area contributed by atoms with Gasteiger partial charge in [0.15, 0.2) is 11.0 Å². The maximum absolute atomic E-state index is 12.2. The van der Waals surface area contributed by atoms with Gasteiger partial charge in [-0.3, -0.25) is 9.78 Å². The molecule has 4 rings (SSSR count). The molecule has 6 nitrogen and oxygen atoms in total. The van der Waals surface area contributed by atoms with E-state index in [0.717, 1.165) is 33.1 Å². The second-order valence-electron chi connectivity index (χ2n) is 6.16. The molecular formula is C21H19N5OS. The Hall–Kier alpha value is -3.19. The van der Waals surface area contributed by atoms with E-state index in [2.05, 4.69) is 20.5 Å². The molecule has 0 saturated carbocycles. The van der Waals surface area contributed by atoms with E-state index in [1.807, 2.05) is 72.2 Å². The van der Waals surface area contributed by atoms with E-state index in [4.69, 9.17) is 0 Å². The van der Waals surface area contributed by atoms with Gasteiger partial charge >= 0.3 is 0 Å². The van der Waals surface area contributed by atoms with Crippen LogP contribution in [0.2, 0.25) is 0 Å². The van der Waals surface area contributed by atoms with Crippen molar-refractivity contribution in [1.82, 2.24) is 19.7 Å². The van der Waals surface area contributed by atoms with Gasteiger partial charge in [0.05, 0.1) is 11.3 Å². The molecule has 0 radical (unpaired) electrons. The van der Waals surface area contributed by atoms with Gasteiger partial charge in [0.2, 0.25) is 5.91 Å². The van der Waals surface area contributed by atoms with Gasteiger partial charge < -0.3 is 9.88 Å². The van der Waals surface area contributed by atoms with E-state index < -0.39 is 0 Å². The highest BCUT2D eigenvalue weighted by Crippen LogP contribution is 2.26. The third-order valence-corrected chi connectivity index (χ3v) is 5.25. The Bertz CT molecular complexity index is 1110. The van der Waals surface area contributed by atoms with Gasteiger partial charge in [0.25, 0.3) is 0 Å². The lowest BCUT2D eigenvalue weighted by Crippen LogP contribution is -2.14. The molecule has 140 valence electrons. The van der Waals surface area contributed by atoms with Crippen molar-refractivity contribution >= 4 is 34.3 Å². The van der Waals surface area contributed by atoms with E-state index in [1.54, 1.807) is 6.20 Å². The molecule has 0 unspecified atom stereocenters. The van der Waals surface area contributed by atoms with Gasteiger partial charge in [0.1, 0.15) is 0 Å². The number of nitrogens with one attached hydrogen (secondary N) is 1. The lowest BCUT2D eigenvalue weighted by molar-refractivity contribution is -0.113. The van der Waals surface area contributed by atoms with E-state index >= 15 is 0 Å². The fourth-order valence-electron chi connectivity index (χ4n) is 2.95. The summed E-state index contributed by atoms with van der Waals surface area (Å²) in [7, 11) is 0. The molecule has 4 aromatic rings. The number of thioether (sulfide) groups is 1. The topological polar surface area (TPSA) is 72.7 Å². The van der Waals surface area contributed by atoms with Crippen LogP contribution in [0.3, 0.4) is 0 Å². The molecule has 7 heteroatoms. The summed E-state index contributed by atoms with van der Waals surface area (Å²) in [4.78, 5) is 16.6. The molecule has 0 spiro atoms. The van der Waals surface area contributed by atoms with E-state index in [1.165, 1.54) is 11.8 Å². The van der Waals surface area contributed by atoms with Crippen molar-refractivity contribution < 1.29 is 4.79 Å². The van der Waals surface area contributed by atoms with Crippen LogP contribution in [0.5, 0.6) is 0 Å². The van der Waals surface area contributed by atoms with Crippen molar-refractivity contribution in [2.75, 3.05) is 11.1 Å². The van der Waals surface area contributed by atoms with Gasteiger partial charge in [-0.15, -0.1) is 10.2 Å². The number of hydrogen-bond acceptors (Lipinski definition) is 5. The molecule has 0 aliphatic carbocycles. The Kier molecular flexibility index (Phi) is 5.34. The zero-order chi connectivity index (χ0) is 19.3. The Morgan fingerprint density at radius 1 is 1.07 bits per heavy atom. The Morgan fingerprint density at radius 2 is 1.93 bits per heavy atom. The molecule has 0 saturated heterocycles. The molecular weight excluding hydrogens is 370 g/mol. The third-order valence-electron chi connectivity index (χ3n) is 4.29. The molecule has 0 fully saturated rings. The largest absolute Gasteiger partial charge is 0.325 e. The summed E-state index contributed by atoms with van der Waals surface area (Å²) in [5.41, 5.74) is 2.66. The highest BCUT2D eigenvalue weighted by molar-refractivity contribution is 7.99. The van der Waals surface area contributed by atoms with Crippen molar-refractivity contribution in [2.45, 2.75) is 18.6 Å². The molecule has 0 aliphatic heterocycles. The van der Waals surface area contributed by atoms with Crippen LogP contribution >= 0.6 is 11.8 Å². The molecule has 0 bridgehead atoms. The standard InChI is InChI=1S/C21H19N5OS/c1-2-26-20(16-11-10-15-7-6-12-22-18(15)13-16)24-25-21(26)28-14-19(27)23-17-8-4-3-5-9-17/h3-13H,2,14H2,1H3,(H,23,27). The highest BCUT2D eigenvalue weighted by atomic mass is 32.2. The van der Waals surface area contributed by atoms with Gasteiger partial charge in [0, 0.05) is 29.4 Å². The minimum Gasteiger partial charge on any atom is -0.325 e. The fraction of sp³-hybridized carbons (Fsp3) is 0.143. The summed E-state index contributed by atoms with van der Waals surface area (Å²) in [6.07, 6.45) is 1.78. The predicted molar refractivity (Wildman–Crippen MR) is 112 cm³/mol. The first-order valence-corrected chi connectivity index (χ1v) is 9.99. The number of anilines is 1. The summed E-state index contributed by atoms with van der Waals surface area (Å²) in [6, 6.07) is 19.5. The second-order valence-corrected chi connectivity index (χ2v) is 7.11. The number of carbonyl (C=O) groups excluding carboxylic acids is 1. The number of pyridine rings is 1. The minimum absolute atomic E-state index is 0.0710. The number of fused-ring (bicyclic) bond motifs is 1. The minimum atomic E-state index is -0.0710. The van der Waals surface area contributed by atoms with E-state index in [9.17, 15) is 4.79 Å². The summed E-state index contributed by atoms with van der Waals surface area (Å²) in [6.45, 7) is 2.76. The average Bonchev–Trinajstić information content (AvgIpc) is 3.15. The monoisotopic (exact) mass is 389 g/mol. The van der Waals surface area contributed by atoms with Crippen LogP contribution in [-0.2, 0) is 11.3 Å². The zero-order valence-corrected chi connectivity index (χ0v) is 16.2. The van der Waals surface area contributed by atoms with Crippen molar-refractivity contribution in [2.24, 2.45) is 0 Å². The summed E-state index contributed by atoms with van der Waals surface area (Å²) < 4.78 is 2.02. The number of para-hydroxylation sites is 1. The molecule has 0 atom stereocenters.